The van der Waals surface area contributed by atoms with Crippen LogP contribution in [0.15, 0.2) is 4.52 Å². The minimum Gasteiger partial charge on any atom is -0.339 e. The van der Waals surface area contributed by atoms with Crippen molar-refractivity contribution in [2.75, 3.05) is 11.5 Å². The number of aromatic nitrogens is 2. The number of nitrogens with zero attached hydrogens (tertiary/aromatic N) is 2. The number of nitrogens with two attached hydrogens (primary N) is 1. The number of rotatable bonds is 2. The molecular formula is C10H17N3OS. The summed E-state index contributed by atoms with van der Waals surface area (Å²) < 4.78 is 5.19. The molecule has 0 radical (unpaired) electrons. The standard InChI is InChI=1S/C10H17N3OS/c1-7(2)8-12-9(13-14-8)10(11)4-3-5-15-6-10/h7H,3-6,11H2,1-2H3. The number of hydrogen-bond donors (Lipinski definition) is 1. The number of thioether (sulfide) groups is 1. The van der Waals surface area contributed by atoms with E-state index >= 15 is 0 Å². The summed E-state index contributed by atoms with van der Waals surface area (Å²) in [5.41, 5.74) is 5.91. The molecule has 0 saturated carbocycles. The van der Waals surface area contributed by atoms with Crippen molar-refractivity contribution in [1.29, 1.82) is 0 Å². The van der Waals surface area contributed by atoms with Crippen LogP contribution in [0.5, 0.6) is 0 Å². The van der Waals surface area contributed by atoms with Gasteiger partial charge in [0.05, 0.1) is 5.54 Å². The lowest BCUT2D eigenvalue weighted by Crippen LogP contribution is -2.42. The third-order valence-corrected chi connectivity index (χ3v) is 3.95. The van der Waals surface area contributed by atoms with Crippen molar-refractivity contribution < 1.29 is 4.52 Å². The highest BCUT2D eigenvalue weighted by Gasteiger charge is 2.34. The molecule has 1 aliphatic heterocycles. The van der Waals surface area contributed by atoms with Crippen LogP contribution < -0.4 is 5.73 Å². The Kier molecular flexibility index (Phi) is 3.02. The van der Waals surface area contributed by atoms with Gasteiger partial charge in [0, 0.05) is 11.7 Å². The lowest BCUT2D eigenvalue weighted by molar-refractivity contribution is 0.340. The van der Waals surface area contributed by atoms with Crippen LogP contribution in [0.4, 0.5) is 0 Å². The van der Waals surface area contributed by atoms with Crippen LogP contribution in [0.1, 0.15) is 44.3 Å². The summed E-state index contributed by atoms with van der Waals surface area (Å²) >= 11 is 1.87. The minimum atomic E-state index is -0.375. The first kappa shape index (κ1) is 11.0. The van der Waals surface area contributed by atoms with Gasteiger partial charge in [0.1, 0.15) is 0 Å². The first-order chi connectivity index (χ1) is 7.12. The Morgan fingerprint density at radius 2 is 2.33 bits per heavy atom. The second-order valence-corrected chi connectivity index (χ2v) is 5.53. The molecule has 1 aliphatic rings. The van der Waals surface area contributed by atoms with E-state index in [1.807, 2.05) is 25.6 Å². The SMILES string of the molecule is CC(C)c1nc(C2(N)CCCSC2)no1. The third-order valence-electron chi connectivity index (χ3n) is 2.65. The van der Waals surface area contributed by atoms with Gasteiger partial charge in [-0.1, -0.05) is 19.0 Å². The van der Waals surface area contributed by atoms with Gasteiger partial charge in [0.25, 0.3) is 0 Å². The molecule has 0 aliphatic carbocycles. The highest BCUT2D eigenvalue weighted by atomic mass is 32.2. The number of hydrogen-bond acceptors (Lipinski definition) is 5. The lowest BCUT2D eigenvalue weighted by Gasteiger charge is -2.29. The molecule has 1 atom stereocenters. The van der Waals surface area contributed by atoms with Gasteiger partial charge in [-0.05, 0) is 18.6 Å². The van der Waals surface area contributed by atoms with Crippen molar-refractivity contribution in [3.8, 4) is 0 Å². The molecule has 0 amide bonds. The summed E-state index contributed by atoms with van der Waals surface area (Å²) in [7, 11) is 0. The van der Waals surface area contributed by atoms with Gasteiger partial charge >= 0.3 is 0 Å². The summed E-state index contributed by atoms with van der Waals surface area (Å²) in [4.78, 5) is 4.39. The van der Waals surface area contributed by atoms with E-state index < -0.39 is 0 Å². The largest absolute Gasteiger partial charge is 0.339 e. The van der Waals surface area contributed by atoms with Crippen LogP contribution in [-0.2, 0) is 5.54 Å². The Hall–Kier alpha value is -0.550. The van der Waals surface area contributed by atoms with Gasteiger partial charge in [-0.2, -0.15) is 16.7 Å². The maximum Gasteiger partial charge on any atom is 0.229 e. The Labute approximate surface area is 94.0 Å². The van der Waals surface area contributed by atoms with Gasteiger partial charge in [0.15, 0.2) is 5.82 Å². The van der Waals surface area contributed by atoms with Gasteiger partial charge in [0.2, 0.25) is 5.89 Å². The molecule has 0 spiro atoms. The molecule has 0 aromatic carbocycles. The van der Waals surface area contributed by atoms with Crippen molar-refractivity contribution in [3.63, 3.8) is 0 Å². The van der Waals surface area contributed by atoms with Gasteiger partial charge in [-0.3, -0.25) is 0 Å². The second kappa shape index (κ2) is 4.14. The van der Waals surface area contributed by atoms with Crippen molar-refractivity contribution in [2.24, 2.45) is 5.73 Å². The van der Waals surface area contributed by atoms with Crippen molar-refractivity contribution >= 4 is 11.8 Å². The molecule has 1 unspecified atom stereocenters. The van der Waals surface area contributed by atoms with Crippen molar-refractivity contribution in [2.45, 2.75) is 38.1 Å². The topological polar surface area (TPSA) is 64.9 Å². The zero-order valence-electron chi connectivity index (χ0n) is 9.19. The van der Waals surface area contributed by atoms with E-state index in [0.29, 0.717) is 11.7 Å². The van der Waals surface area contributed by atoms with E-state index in [1.54, 1.807) is 0 Å². The molecule has 1 saturated heterocycles. The maximum absolute atomic E-state index is 6.29. The van der Waals surface area contributed by atoms with Crippen LogP contribution in [0.2, 0.25) is 0 Å². The zero-order chi connectivity index (χ0) is 10.9. The summed E-state index contributed by atoms with van der Waals surface area (Å²) in [6.07, 6.45) is 2.09. The summed E-state index contributed by atoms with van der Waals surface area (Å²) in [5, 5.41) is 4.01. The molecule has 15 heavy (non-hydrogen) atoms. The Balaban J connectivity index is 2.20. The fraction of sp³-hybridized carbons (Fsp3) is 0.800. The van der Waals surface area contributed by atoms with Gasteiger partial charge in [-0.25, -0.2) is 0 Å². The van der Waals surface area contributed by atoms with Crippen molar-refractivity contribution in [3.05, 3.63) is 11.7 Å². The molecule has 84 valence electrons. The quantitative estimate of drug-likeness (QED) is 0.835. The molecule has 1 aromatic rings. The molecule has 5 heteroatoms. The van der Waals surface area contributed by atoms with E-state index in [-0.39, 0.29) is 11.5 Å². The van der Waals surface area contributed by atoms with Crippen molar-refractivity contribution in [1.82, 2.24) is 10.1 Å². The first-order valence-electron chi connectivity index (χ1n) is 5.32. The molecule has 2 rings (SSSR count). The smallest absolute Gasteiger partial charge is 0.229 e. The van der Waals surface area contributed by atoms with E-state index in [9.17, 15) is 0 Å². The molecule has 2 heterocycles. The maximum atomic E-state index is 6.29. The van der Waals surface area contributed by atoms with E-state index in [4.69, 9.17) is 10.3 Å². The van der Waals surface area contributed by atoms with Crippen LogP contribution in [-0.4, -0.2) is 21.6 Å². The normalized spacial score (nSPS) is 27.2. The second-order valence-electron chi connectivity index (χ2n) is 4.42. The molecule has 4 nitrogen and oxygen atoms in total. The fourth-order valence-corrected chi connectivity index (χ4v) is 2.79. The van der Waals surface area contributed by atoms with Crippen LogP contribution in [0, 0.1) is 0 Å². The fourth-order valence-electron chi connectivity index (χ4n) is 1.66. The van der Waals surface area contributed by atoms with Crippen LogP contribution >= 0.6 is 11.8 Å². The Bertz CT molecular complexity index is 331. The highest BCUT2D eigenvalue weighted by molar-refractivity contribution is 7.99. The Morgan fingerprint density at radius 1 is 1.53 bits per heavy atom. The average Bonchev–Trinajstić information content (AvgIpc) is 2.68. The van der Waals surface area contributed by atoms with Gasteiger partial charge in [-0.15, -0.1) is 0 Å². The van der Waals surface area contributed by atoms with E-state index in [0.717, 1.165) is 18.6 Å². The first-order valence-corrected chi connectivity index (χ1v) is 6.48. The van der Waals surface area contributed by atoms with E-state index in [1.165, 1.54) is 5.75 Å². The molecular weight excluding hydrogens is 210 g/mol. The summed E-state index contributed by atoms with van der Waals surface area (Å²) in [5.74, 6) is 3.72. The Morgan fingerprint density at radius 3 is 2.87 bits per heavy atom. The van der Waals surface area contributed by atoms with Crippen LogP contribution in [0.25, 0.3) is 0 Å². The molecule has 1 fully saturated rings. The minimum absolute atomic E-state index is 0.270. The van der Waals surface area contributed by atoms with E-state index in [2.05, 4.69) is 10.1 Å². The summed E-state index contributed by atoms with van der Waals surface area (Å²) in [6.45, 7) is 4.08. The average molecular weight is 227 g/mol. The summed E-state index contributed by atoms with van der Waals surface area (Å²) in [6, 6.07) is 0. The monoisotopic (exact) mass is 227 g/mol. The predicted octanol–water partition coefficient (Wildman–Crippen LogP) is 1.87. The lowest BCUT2D eigenvalue weighted by atomic mass is 9.96. The zero-order valence-corrected chi connectivity index (χ0v) is 10.0. The molecule has 0 bridgehead atoms. The molecule has 2 N–H and O–H groups in total. The third kappa shape index (κ3) is 2.18. The predicted molar refractivity (Wildman–Crippen MR) is 60.8 cm³/mol. The molecule has 1 aromatic heterocycles. The highest BCUT2D eigenvalue weighted by Crippen LogP contribution is 2.32. The van der Waals surface area contributed by atoms with Gasteiger partial charge < -0.3 is 10.3 Å². The van der Waals surface area contributed by atoms with Crippen LogP contribution in [0.3, 0.4) is 0 Å².